The average molecular weight is 403 g/mol. The molecule has 6 nitrogen and oxygen atoms in total. The van der Waals surface area contributed by atoms with Crippen molar-refractivity contribution in [2.45, 2.75) is 11.4 Å². The van der Waals surface area contributed by atoms with Crippen molar-refractivity contribution in [3.63, 3.8) is 0 Å². The molecule has 11 heteroatoms. The van der Waals surface area contributed by atoms with Gasteiger partial charge in [-0.25, -0.2) is 4.79 Å². The summed E-state index contributed by atoms with van der Waals surface area (Å²) >= 11 is 12.5. The van der Waals surface area contributed by atoms with E-state index in [0.29, 0.717) is 5.02 Å². The molecule has 0 aliphatic heterocycles. The molecule has 0 amide bonds. The van der Waals surface area contributed by atoms with Crippen LogP contribution in [0.2, 0.25) is 5.02 Å². The van der Waals surface area contributed by atoms with Gasteiger partial charge in [-0.05, 0) is 35.7 Å². The van der Waals surface area contributed by atoms with Gasteiger partial charge in [0.1, 0.15) is 5.75 Å². The number of alkyl halides is 1. The standard InChI is InChI=1S/C13H11Cl2O6PS.Li/c14-8-3-5-9(6-4-8)20-11(15)12(16)21-13(22(17,18)19)10-2-1-7-23-10;/h1-7,11,13H,(H2,17,18,19);/q;+1/p-1. The molecule has 1 aromatic carbocycles. The smallest absolute Gasteiger partial charge is 0.776 e. The van der Waals surface area contributed by atoms with Gasteiger partial charge in [0.15, 0.2) is 13.4 Å². The zero-order chi connectivity index (χ0) is 17.0. The van der Waals surface area contributed by atoms with Crippen molar-refractivity contribution in [2.75, 3.05) is 0 Å². The Bertz CT molecular complexity index is 706. The first-order valence-corrected chi connectivity index (χ1v) is 9.45. The molecule has 0 bridgehead atoms. The summed E-state index contributed by atoms with van der Waals surface area (Å²) in [5.41, 5.74) is -1.59. The second-order valence-corrected chi connectivity index (χ2v) is 7.67. The quantitative estimate of drug-likeness (QED) is 0.319. The molecule has 0 radical (unpaired) electrons. The minimum absolute atomic E-state index is 0. The topological polar surface area (TPSA) is 95.9 Å². The number of thiophene rings is 1. The summed E-state index contributed by atoms with van der Waals surface area (Å²) < 4.78 is 21.3. The van der Waals surface area contributed by atoms with Crippen LogP contribution in [0.5, 0.6) is 5.75 Å². The van der Waals surface area contributed by atoms with Crippen LogP contribution in [-0.4, -0.2) is 16.4 Å². The van der Waals surface area contributed by atoms with Crippen molar-refractivity contribution in [3.8, 4) is 5.75 Å². The van der Waals surface area contributed by atoms with E-state index in [4.69, 9.17) is 32.7 Å². The van der Waals surface area contributed by atoms with E-state index in [1.54, 1.807) is 11.4 Å². The van der Waals surface area contributed by atoms with Crippen molar-refractivity contribution in [3.05, 3.63) is 51.7 Å². The molecular weight excluding hydrogens is 393 g/mol. The Hall–Kier alpha value is -0.483. The van der Waals surface area contributed by atoms with E-state index in [2.05, 4.69) is 0 Å². The molecule has 1 N–H and O–H groups in total. The predicted octanol–water partition coefficient (Wildman–Crippen LogP) is 0.137. The summed E-state index contributed by atoms with van der Waals surface area (Å²) in [5.74, 6) is -2.73. The number of carbonyl (C=O) groups is 1. The van der Waals surface area contributed by atoms with Crippen molar-refractivity contribution < 1.29 is 47.5 Å². The Morgan fingerprint density at radius 2 is 1.92 bits per heavy atom. The third-order valence-corrected chi connectivity index (χ3v) is 5.13. The van der Waals surface area contributed by atoms with E-state index >= 15 is 0 Å². The second kappa shape index (κ2) is 9.28. The normalized spacial score (nSPS) is 15.5. The first kappa shape index (κ1) is 21.6. The summed E-state index contributed by atoms with van der Waals surface area (Å²) in [5, 5.41) is 2.05. The molecule has 1 aromatic heterocycles. The van der Waals surface area contributed by atoms with Gasteiger partial charge in [-0.3, -0.25) is 0 Å². The third-order valence-electron chi connectivity index (χ3n) is 2.55. The number of ether oxygens (including phenoxy) is 2. The Kier molecular flexibility index (Phi) is 8.34. The molecular formula is C13H10Cl2LiO6PS. The van der Waals surface area contributed by atoms with E-state index < -0.39 is 25.0 Å². The predicted molar refractivity (Wildman–Crippen MR) is 84.7 cm³/mol. The Labute approximate surface area is 164 Å². The fourth-order valence-corrected chi connectivity index (χ4v) is 3.70. The molecule has 2 aromatic rings. The Balaban J connectivity index is 0.00000288. The number of esters is 1. The molecule has 3 atom stereocenters. The maximum absolute atomic E-state index is 11.9. The number of hydrogen-bond acceptors (Lipinski definition) is 6. The molecule has 0 aliphatic carbocycles. The van der Waals surface area contributed by atoms with Crippen LogP contribution in [0.1, 0.15) is 10.7 Å². The summed E-state index contributed by atoms with van der Waals surface area (Å²) in [6.07, 6.45) is 0. The molecule has 2 rings (SSSR count). The third kappa shape index (κ3) is 6.11. The monoisotopic (exact) mass is 402 g/mol. The Morgan fingerprint density at radius 1 is 1.29 bits per heavy atom. The van der Waals surface area contributed by atoms with Gasteiger partial charge in [0.05, 0.1) is 4.88 Å². The van der Waals surface area contributed by atoms with Gasteiger partial charge in [-0.15, -0.1) is 11.3 Å². The largest absolute Gasteiger partial charge is 1.00 e. The van der Waals surface area contributed by atoms with E-state index in [1.165, 1.54) is 30.3 Å². The van der Waals surface area contributed by atoms with Crippen LogP contribution in [0.25, 0.3) is 0 Å². The number of hydrogen-bond donors (Lipinski definition) is 1. The van der Waals surface area contributed by atoms with E-state index in [9.17, 15) is 19.1 Å². The molecule has 0 aliphatic rings. The number of halogens is 2. The van der Waals surface area contributed by atoms with Gasteiger partial charge < -0.3 is 23.8 Å². The van der Waals surface area contributed by atoms with E-state index in [-0.39, 0.29) is 29.5 Å². The van der Waals surface area contributed by atoms with E-state index in [1.807, 2.05) is 0 Å². The molecule has 3 unspecified atom stereocenters. The summed E-state index contributed by atoms with van der Waals surface area (Å²) in [6.45, 7) is 0. The number of benzene rings is 1. The van der Waals surface area contributed by atoms with Crippen molar-refractivity contribution in [1.82, 2.24) is 0 Å². The van der Waals surface area contributed by atoms with Crippen LogP contribution >= 0.6 is 42.1 Å². The molecule has 0 saturated carbocycles. The van der Waals surface area contributed by atoms with Crippen molar-refractivity contribution in [2.24, 2.45) is 0 Å². The molecule has 124 valence electrons. The molecule has 0 spiro atoms. The zero-order valence-corrected chi connectivity index (χ0v) is 15.5. The van der Waals surface area contributed by atoms with Gasteiger partial charge in [0, 0.05) is 5.02 Å². The first-order chi connectivity index (χ1) is 10.8. The van der Waals surface area contributed by atoms with Crippen LogP contribution in [-0.2, 0) is 14.1 Å². The van der Waals surface area contributed by atoms with Gasteiger partial charge >= 0.3 is 24.8 Å². The van der Waals surface area contributed by atoms with Crippen LogP contribution in [0, 0.1) is 0 Å². The minimum Gasteiger partial charge on any atom is -0.776 e. The summed E-state index contributed by atoms with van der Waals surface area (Å²) in [4.78, 5) is 32.7. The molecule has 1 heterocycles. The summed E-state index contributed by atoms with van der Waals surface area (Å²) in [6, 6.07) is 8.98. The number of rotatable bonds is 6. The van der Waals surface area contributed by atoms with Crippen LogP contribution in [0.3, 0.4) is 0 Å². The maximum atomic E-state index is 11.9. The van der Waals surface area contributed by atoms with Crippen LogP contribution in [0.4, 0.5) is 0 Å². The van der Waals surface area contributed by atoms with E-state index in [0.717, 1.165) is 11.3 Å². The van der Waals surface area contributed by atoms with Gasteiger partial charge in [-0.2, -0.15) is 0 Å². The van der Waals surface area contributed by atoms with Crippen molar-refractivity contribution in [1.29, 1.82) is 0 Å². The summed E-state index contributed by atoms with van der Waals surface area (Å²) in [7, 11) is -4.96. The van der Waals surface area contributed by atoms with Crippen molar-refractivity contribution >= 4 is 48.1 Å². The van der Waals surface area contributed by atoms with Gasteiger partial charge in [0.25, 0.3) is 5.56 Å². The number of carbonyl (C=O) groups excluding carboxylic acids is 1. The van der Waals surface area contributed by atoms with Crippen LogP contribution < -0.4 is 28.5 Å². The zero-order valence-electron chi connectivity index (χ0n) is 12.3. The second-order valence-electron chi connectivity index (χ2n) is 4.26. The molecule has 0 fully saturated rings. The maximum Gasteiger partial charge on any atom is 1.00 e. The fraction of sp³-hybridized carbons (Fsp3) is 0.154. The minimum atomic E-state index is -4.96. The van der Waals surface area contributed by atoms with Gasteiger partial charge in [0.2, 0.25) is 0 Å². The first-order valence-electron chi connectivity index (χ1n) is 6.11. The SMILES string of the molecule is O=C(OC(c1cccs1)P(=O)([O-])O)C(Cl)Oc1ccc(Cl)cc1.[Li+]. The molecule has 0 saturated heterocycles. The average Bonchev–Trinajstić information content (AvgIpc) is 2.99. The van der Waals surface area contributed by atoms with Gasteiger partial charge in [-0.1, -0.05) is 29.3 Å². The molecule has 24 heavy (non-hydrogen) atoms. The van der Waals surface area contributed by atoms with Crippen LogP contribution in [0.15, 0.2) is 41.8 Å². The Morgan fingerprint density at radius 3 is 2.42 bits per heavy atom. The fourth-order valence-electron chi connectivity index (χ4n) is 1.56.